The van der Waals surface area contributed by atoms with Crippen LogP contribution in [0.25, 0.3) is 11.3 Å². The number of aromatic nitrogens is 2. The largest absolute Gasteiger partial charge is 0.383 e. The van der Waals surface area contributed by atoms with Crippen LogP contribution in [0.2, 0.25) is 0 Å². The molecule has 0 spiro atoms. The van der Waals surface area contributed by atoms with E-state index in [9.17, 15) is 4.39 Å². The first-order valence-corrected chi connectivity index (χ1v) is 5.33. The van der Waals surface area contributed by atoms with Gasteiger partial charge in [-0.25, -0.2) is 9.37 Å². The van der Waals surface area contributed by atoms with Crippen LogP contribution >= 0.6 is 0 Å². The molecule has 88 valence electrons. The van der Waals surface area contributed by atoms with Gasteiger partial charge in [0.1, 0.15) is 23.2 Å². The van der Waals surface area contributed by atoms with Gasteiger partial charge in [-0.3, -0.25) is 0 Å². The lowest BCUT2D eigenvalue weighted by atomic mass is 10.1. The third kappa shape index (κ3) is 1.93. The van der Waals surface area contributed by atoms with E-state index >= 15 is 0 Å². The maximum atomic E-state index is 13.7. The minimum Gasteiger partial charge on any atom is -0.383 e. The van der Waals surface area contributed by atoms with Crippen molar-refractivity contribution in [1.82, 2.24) is 9.55 Å². The summed E-state index contributed by atoms with van der Waals surface area (Å²) < 4.78 is 15.5. The second kappa shape index (κ2) is 4.41. The monoisotopic (exact) mass is 231 g/mol. The normalized spacial score (nSPS) is 10.5. The van der Waals surface area contributed by atoms with Crippen LogP contribution in [-0.2, 0) is 6.54 Å². The molecule has 2 rings (SSSR count). The van der Waals surface area contributed by atoms with Crippen LogP contribution < -0.4 is 5.73 Å². The van der Waals surface area contributed by atoms with E-state index in [1.165, 1.54) is 6.07 Å². The number of benzene rings is 1. The number of anilines is 1. The van der Waals surface area contributed by atoms with Crippen LogP contribution in [0.1, 0.15) is 5.82 Å². The Labute approximate surface area is 99.4 Å². The number of nitrogens with zero attached hydrogens (tertiary/aromatic N) is 2. The molecule has 0 aliphatic heterocycles. The van der Waals surface area contributed by atoms with Crippen LogP contribution in [0.15, 0.2) is 36.9 Å². The number of allylic oxidation sites excluding steroid dienone is 1. The average Bonchev–Trinajstić information content (AvgIpc) is 2.58. The number of nitrogen functional groups attached to an aromatic ring is 1. The number of aryl methyl sites for hydroxylation is 1. The number of halogens is 1. The first-order valence-electron chi connectivity index (χ1n) is 5.33. The van der Waals surface area contributed by atoms with Gasteiger partial charge in [-0.15, -0.1) is 6.58 Å². The predicted molar refractivity (Wildman–Crippen MR) is 67.0 cm³/mol. The third-order valence-corrected chi connectivity index (χ3v) is 2.64. The number of hydrogen-bond donors (Lipinski definition) is 1. The molecule has 1 aromatic carbocycles. The van der Waals surface area contributed by atoms with Crippen molar-refractivity contribution in [2.75, 3.05) is 5.73 Å². The molecule has 0 bridgehead atoms. The minimum atomic E-state index is -0.317. The maximum Gasteiger partial charge on any atom is 0.132 e. The van der Waals surface area contributed by atoms with Crippen molar-refractivity contribution in [3.8, 4) is 11.3 Å². The van der Waals surface area contributed by atoms with Crippen molar-refractivity contribution >= 4 is 5.82 Å². The molecule has 0 saturated carbocycles. The van der Waals surface area contributed by atoms with Crippen molar-refractivity contribution < 1.29 is 4.39 Å². The predicted octanol–water partition coefficient (Wildman–Crippen LogP) is 2.77. The lowest BCUT2D eigenvalue weighted by Gasteiger charge is -2.04. The minimum absolute atomic E-state index is 0.317. The van der Waals surface area contributed by atoms with E-state index in [1.807, 2.05) is 6.92 Å². The summed E-state index contributed by atoms with van der Waals surface area (Å²) in [5, 5.41) is 0. The fourth-order valence-electron chi connectivity index (χ4n) is 1.79. The van der Waals surface area contributed by atoms with Gasteiger partial charge in [0.05, 0.1) is 0 Å². The Balaban J connectivity index is 2.58. The van der Waals surface area contributed by atoms with E-state index in [4.69, 9.17) is 5.73 Å². The second-order valence-electron chi connectivity index (χ2n) is 3.77. The van der Waals surface area contributed by atoms with Crippen LogP contribution in [0.5, 0.6) is 0 Å². The molecule has 0 saturated heterocycles. The average molecular weight is 231 g/mol. The van der Waals surface area contributed by atoms with Crippen molar-refractivity contribution in [3.05, 3.63) is 48.6 Å². The molecule has 17 heavy (non-hydrogen) atoms. The van der Waals surface area contributed by atoms with E-state index in [2.05, 4.69) is 11.6 Å². The van der Waals surface area contributed by atoms with Gasteiger partial charge in [-0.1, -0.05) is 18.2 Å². The highest BCUT2D eigenvalue weighted by molar-refractivity contribution is 5.71. The molecule has 3 nitrogen and oxygen atoms in total. The summed E-state index contributed by atoms with van der Waals surface area (Å²) in [4.78, 5) is 4.31. The molecular weight excluding hydrogens is 217 g/mol. The topological polar surface area (TPSA) is 43.8 Å². The number of rotatable bonds is 3. The molecular formula is C13H14FN3. The highest BCUT2D eigenvalue weighted by Crippen LogP contribution is 2.28. The highest BCUT2D eigenvalue weighted by Gasteiger charge is 2.15. The standard InChI is InChI=1S/C13H14FN3/c1-3-8-17-9(2)16-12(13(17)15)10-6-4-5-7-11(10)14/h3-7H,1,8,15H2,2H3. The molecule has 1 aromatic heterocycles. The number of hydrogen-bond acceptors (Lipinski definition) is 2. The lowest BCUT2D eigenvalue weighted by molar-refractivity contribution is 0.631. The molecule has 2 aromatic rings. The van der Waals surface area contributed by atoms with Crippen molar-refractivity contribution in [2.45, 2.75) is 13.5 Å². The summed E-state index contributed by atoms with van der Waals surface area (Å²) in [6.45, 7) is 6.07. The third-order valence-electron chi connectivity index (χ3n) is 2.64. The Bertz CT molecular complexity index is 558. The van der Waals surface area contributed by atoms with E-state index in [1.54, 1.807) is 28.8 Å². The Morgan fingerprint density at radius 1 is 1.47 bits per heavy atom. The Kier molecular flexibility index (Phi) is 2.95. The quantitative estimate of drug-likeness (QED) is 0.825. The van der Waals surface area contributed by atoms with E-state index in [-0.39, 0.29) is 5.82 Å². The van der Waals surface area contributed by atoms with Crippen molar-refractivity contribution in [1.29, 1.82) is 0 Å². The van der Waals surface area contributed by atoms with Crippen LogP contribution in [0.4, 0.5) is 10.2 Å². The summed E-state index contributed by atoms with van der Waals surface area (Å²) in [5.41, 5.74) is 6.89. The molecule has 0 unspecified atom stereocenters. The smallest absolute Gasteiger partial charge is 0.132 e. The van der Waals surface area contributed by atoms with Crippen LogP contribution in [0.3, 0.4) is 0 Å². The summed E-state index contributed by atoms with van der Waals surface area (Å²) in [5.74, 6) is 0.899. The van der Waals surface area contributed by atoms with Gasteiger partial charge in [0.2, 0.25) is 0 Å². The SMILES string of the molecule is C=CCn1c(C)nc(-c2ccccc2F)c1N. The van der Waals surface area contributed by atoms with Gasteiger partial charge >= 0.3 is 0 Å². The molecule has 4 heteroatoms. The van der Waals surface area contributed by atoms with E-state index in [0.29, 0.717) is 23.6 Å². The summed E-state index contributed by atoms with van der Waals surface area (Å²) in [6, 6.07) is 6.48. The highest BCUT2D eigenvalue weighted by atomic mass is 19.1. The zero-order valence-corrected chi connectivity index (χ0v) is 9.65. The zero-order valence-electron chi connectivity index (χ0n) is 9.65. The molecule has 0 amide bonds. The molecule has 0 fully saturated rings. The zero-order chi connectivity index (χ0) is 12.4. The van der Waals surface area contributed by atoms with E-state index < -0.39 is 0 Å². The fraction of sp³-hybridized carbons (Fsp3) is 0.154. The molecule has 0 aliphatic carbocycles. The van der Waals surface area contributed by atoms with Crippen molar-refractivity contribution in [3.63, 3.8) is 0 Å². The van der Waals surface area contributed by atoms with Gasteiger partial charge in [-0.2, -0.15) is 0 Å². The Morgan fingerprint density at radius 2 is 2.18 bits per heavy atom. The Hall–Kier alpha value is -2.10. The van der Waals surface area contributed by atoms with E-state index in [0.717, 1.165) is 5.82 Å². The molecule has 0 atom stereocenters. The molecule has 0 radical (unpaired) electrons. The van der Waals surface area contributed by atoms with Crippen LogP contribution in [-0.4, -0.2) is 9.55 Å². The second-order valence-corrected chi connectivity index (χ2v) is 3.77. The summed E-state index contributed by atoms with van der Waals surface area (Å²) >= 11 is 0. The lowest BCUT2D eigenvalue weighted by Crippen LogP contribution is -2.03. The molecule has 0 aliphatic rings. The van der Waals surface area contributed by atoms with Gasteiger partial charge < -0.3 is 10.3 Å². The summed E-state index contributed by atoms with van der Waals surface area (Å²) in [6.07, 6.45) is 1.73. The van der Waals surface area contributed by atoms with Crippen molar-refractivity contribution in [2.24, 2.45) is 0 Å². The first kappa shape index (κ1) is 11.4. The van der Waals surface area contributed by atoms with Gasteiger partial charge in [0.25, 0.3) is 0 Å². The van der Waals surface area contributed by atoms with Crippen LogP contribution in [0, 0.1) is 12.7 Å². The van der Waals surface area contributed by atoms with Gasteiger partial charge in [0, 0.05) is 12.1 Å². The van der Waals surface area contributed by atoms with Gasteiger partial charge in [-0.05, 0) is 19.1 Å². The summed E-state index contributed by atoms with van der Waals surface area (Å²) in [7, 11) is 0. The Morgan fingerprint density at radius 3 is 2.82 bits per heavy atom. The molecule has 1 heterocycles. The molecule has 2 N–H and O–H groups in total. The number of imidazole rings is 1. The fourth-order valence-corrected chi connectivity index (χ4v) is 1.79. The van der Waals surface area contributed by atoms with Gasteiger partial charge in [0.15, 0.2) is 0 Å². The maximum absolute atomic E-state index is 13.7. The first-order chi connectivity index (χ1) is 8.15. The number of nitrogens with two attached hydrogens (primary N) is 1.